The van der Waals surface area contributed by atoms with E-state index in [1.54, 1.807) is 13.0 Å². The highest BCUT2D eigenvalue weighted by atomic mass is 16.3. The molecule has 0 spiro atoms. The zero-order valence-electron chi connectivity index (χ0n) is 18.2. The van der Waals surface area contributed by atoms with Crippen LogP contribution >= 0.6 is 0 Å². The van der Waals surface area contributed by atoms with Crippen molar-refractivity contribution in [1.82, 2.24) is 0 Å². The second-order valence-corrected chi connectivity index (χ2v) is 8.16. The Bertz CT molecular complexity index is 437. The fourth-order valence-electron chi connectivity index (χ4n) is 3.51. The second kappa shape index (κ2) is 16.1. The molecule has 0 amide bonds. The van der Waals surface area contributed by atoms with Crippen molar-refractivity contribution in [2.24, 2.45) is 11.8 Å². The summed E-state index contributed by atoms with van der Waals surface area (Å²) in [5, 5.41) is 28.3. The molecule has 4 unspecified atom stereocenters. The van der Waals surface area contributed by atoms with E-state index < -0.39 is 12.2 Å². The molecule has 3 nitrogen and oxygen atoms in total. The van der Waals surface area contributed by atoms with Crippen molar-refractivity contribution in [1.29, 1.82) is 0 Å². The molecule has 3 N–H and O–H groups in total. The van der Waals surface area contributed by atoms with Gasteiger partial charge in [-0.1, -0.05) is 63.5 Å². The number of hydrogen-bond donors (Lipinski definition) is 3. The van der Waals surface area contributed by atoms with Gasteiger partial charge in [-0.2, -0.15) is 0 Å². The lowest BCUT2D eigenvalue weighted by atomic mass is 9.83. The van der Waals surface area contributed by atoms with Crippen LogP contribution in [0, 0.1) is 11.8 Å². The van der Waals surface area contributed by atoms with Crippen LogP contribution in [0.2, 0.25) is 0 Å². The van der Waals surface area contributed by atoms with Gasteiger partial charge < -0.3 is 15.3 Å². The lowest BCUT2D eigenvalue weighted by molar-refractivity contribution is 0.0913. The van der Waals surface area contributed by atoms with E-state index in [4.69, 9.17) is 5.11 Å². The van der Waals surface area contributed by atoms with Crippen LogP contribution in [-0.4, -0.2) is 34.1 Å². The van der Waals surface area contributed by atoms with Crippen LogP contribution in [0.15, 0.2) is 36.0 Å². The molecule has 0 bridgehead atoms. The Balaban J connectivity index is 4.49. The van der Waals surface area contributed by atoms with Gasteiger partial charge in [0.1, 0.15) is 0 Å². The van der Waals surface area contributed by atoms with Crippen LogP contribution in [0.4, 0.5) is 0 Å². The molecule has 0 aliphatic rings. The quantitative estimate of drug-likeness (QED) is 0.242. The Kier molecular flexibility index (Phi) is 15.6. The third-order valence-electron chi connectivity index (χ3n) is 5.51. The lowest BCUT2D eigenvalue weighted by Crippen LogP contribution is -2.15. The highest BCUT2D eigenvalue weighted by molar-refractivity contribution is 5.24. The lowest BCUT2D eigenvalue weighted by Gasteiger charge is -2.23. The third kappa shape index (κ3) is 13.8. The van der Waals surface area contributed by atoms with Gasteiger partial charge in [0.2, 0.25) is 0 Å². The van der Waals surface area contributed by atoms with Crippen LogP contribution in [0.3, 0.4) is 0 Å². The zero-order valence-corrected chi connectivity index (χ0v) is 18.2. The summed E-state index contributed by atoms with van der Waals surface area (Å²) in [6.45, 7) is 12.6. The summed E-state index contributed by atoms with van der Waals surface area (Å²) in [5.74, 6) is 1.50. The maximum absolute atomic E-state index is 9.97. The number of aliphatic hydroxyl groups excluding tert-OH is 3. The van der Waals surface area contributed by atoms with E-state index in [2.05, 4.69) is 33.4 Å². The molecule has 0 fully saturated rings. The minimum Gasteiger partial charge on any atom is -0.396 e. The normalized spacial score (nSPS) is 17.4. The van der Waals surface area contributed by atoms with Gasteiger partial charge in [0.05, 0.1) is 12.2 Å². The maximum Gasteiger partial charge on any atom is 0.0605 e. The van der Waals surface area contributed by atoms with Crippen LogP contribution in [0.1, 0.15) is 85.5 Å². The number of allylic oxidation sites excluding steroid dienone is 4. The first-order chi connectivity index (χ1) is 12.8. The van der Waals surface area contributed by atoms with Crippen molar-refractivity contribution >= 4 is 0 Å². The smallest absolute Gasteiger partial charge is 0.0605 e. The second-order valence-electron chi connectivity index (χ2n) is 8.16. The molecule has 0 saturated heterocycles. The van der Waals surface area contributed by atoms with Crippen molar-refractivity contribution in [2.75, 3.05) is 6.61 Å². The Morgan fingerprint density at radius 3 is 2.26 bits per heavy atom. The van der Waals surface area contributed by atoms with E-state index in [-0.39, 0.29) is 0 Å². The Hall–Kier alpha value is -0.900. The van der Waals surface area contributed by atoms with Gasteiger partial charge in [0.15, 0.2) is 0 Å². The topological polar surface area (TPSA) is 60.7 Å². The molecule has 0 aliphatic heterocycles. The predicted octanol–water partition coefficient (Wildman–Crippen LogP) is 5.56. The van der Waals surface area contributed by atoms with Crippen LogP contribution in [0.5, 0.6) is 0 Å². The molecule has 0 aromatic carbocycles. The van der Waals surface area contributed by atoms with Crippen LogP contribution < -0.4 is 0 Å². The summed E-state index contributed by atoms with van der Waals surface area (Å²) >= 11 is 0. The average molecular weight is 381 g/mol. The fourth-order valence-corrected chi connectivity index (χ4v) is 3.51. The van der Waals surface area contributed by atoms with E-state index >= 15 is 0 Å². The summed E-state index contributed by atoms with van der Waals surface area (Å²) in [6.07, 6.45) is 13.9. The third-order valence-corrected chi connectivity index (χ3v) is 5.51. The molecule has 0 aliphatic carbocycles. The van der Waals surface area contributed by atoms with Gasteiger partial charge in [-0.25, -0.2) is 0 Å². The summed E-state index contributed by atoms with van der Waals surface area (Å²) < 4.78 is 0. The van der Waals surface area contributed by atoms with E-state index in [0.717, 1.165) is 36.7 Å². The van der Waals surface area contributed by atoms with Crippen LogP contribution in [-0.2, 0) is 0 Å². The first-order valence-corrected chi connectivity index (χ1v) is 10.8. The number of unbranched alkanes of at least 4 members (excludes halogenated alkanes) is 1. The van der Waals surface area contributed by atoms with Gasteiger partial charge >= 0.3 is 0 Å². The van der Waals surface area contributed by atoms with Gasteiger partial charge in [-0.05, 0) is 69.8 Å². The molecule has 0 aromatic rings. The Morgan fingerprint density at radius 1 is 1.04 bits per heavy atom. The summed E-state index contributed by atoms with van der Waals surface area (Å²) in [4.78, 5) is 0. The average Bonchev–Trinajstić information content (AvgIpc) is 2.62. The molecule has 0 saturated carbocycles. The van der Waals surface area contributed by atoms with E-state index in [1.165, 1.54) is 31.3 Å². The Labute approximate surface area is 167 Å². The molecule has 0 radical (unpaired) electrons. The summed E-state index contributed by atoms with van der Waals surface area (Å²) in [7, 11) is 0. The molecule has 158 valence electrons. The largest absolute Gasteiger partial charge is 0.396 e. The minimum atomic E-state index is -0.529. The molecule has 3 heteroatoms. The van der Waals surface area contributed by atoms with E-state index in [0.29, 0.717) is 19.4 Å². The first-order valence-electron chi connectivity index (χ1n) is 10.8. The molecule has 0 heterocycles. The molecule has 4 atom stereocenters. The highest BCUT2D eigenvalue weighted by Gasteiger charge is 2.15. The van der Waals surface area contributed by atoms with E-state index in [9.17, 15) is 10.2 Å². The van der Waals surface area contributed by atoms with Crippen molar-refractivity contribution in [3.8, 4) is 0 Å². The number of rotatable bonds is 16. The van der Waals surface area contributed by atoms with Crippen molar-refractivity contribution in [3.05, 3.63) is 36.0 Å². The van der Waals surface area contributed by atoms with E-state index in [1.807, 2.05) is 6.08 Å². The van der Waals surface area contributed by atoms with Crippen LogP contribution in [0.25, 0.3) is 0 Å². The predicted molar refractivity (Wildman–Crippen MR) is 117 cm³/mol. The monoisotopic (exact) mass is 380 g/mol. The molecule has 0 aromatic heterocycles. The molecule has 27 heavy (non-hydrogen) atoms. The molecule has 0 rings (SSSR count). The molecular weight excluding hydrogens is 336 g/mol. The fraction of sp³-hybridized carbons (Fsp3) is 0.750. The molecular formula is C24H44O3. The zero-order chi connectivity index (χ0) is 20.7. The van der Waals surface area contributed by atoms with Gasteiger partial charge in [0.25, 0.3) is 0 Å². The summed E-state index contributed by atoms with van der Waals surface area (Å²) in [5.41, 5.74) is 2.35. The maximum atomic E-state index is 9.97. The summed E-state index contributed by atoms with van der Waals surface area (Å²) in [6, 6.07) is 0. The SMILES string of the molecule is C=C/C(=C\C=C(/C)CCCC(CCCCO)C(C)CC)CC(O)CC(C)O. The standard InChI is InChI=1S/C24H44O3/c1-6-20(4)23(12-8-9-16-25)13-10-11-19(3)14-15-22(7-2)18-24(27)17-21(5)26/h7,14-15,20-21,23-27H,2,6,8-13,16-18H2,1,3-5H3/b19-14+,22-15+. The first kappa shape index (κ1) is 26.1. The van der Waals surface area contributed by atoms with Crippen molar-refractivity contribution < 1.29 is 15.3 Å². The minimum absolute atomic E-state index is 0.305. The number of aliphatic hydroxyl groups is 3. The highest BCUT2D eigenvalue weighted by Crippen LogP contribution is 2.27. The van der Waals surface area contributed by atoms with Gasteiger partial charge in [-0.3, -0.25) is 0 Å². The van der Waals surface area contributed by atoms with Crippen molar-refractivity contribution in [2.45, 2.75) is 97.7 Å². The van der Waals surface area contributed by atoms with Gasteiger partial charge in [0, 0.05) is 6.61 Å². The van der Waals surface area contributed by atoms with Gasteiger partial charge in [-0.15, -0.1) is 0 Å². The number of hydrogen-bond acceptors (Lipinski definition) is 3. The van der Waals surface area contributed by atoms with Crippen molar-refractivity contribution in [3.63, 3.8) is 0 Å². The Morgan fingerprint density at radius 2 is 1.70 bits per heavy atom.